The van der Waals surface area contributed by atoms with E-state index in [9.17, 15) is 4.79 Å². The van der Waals surface area contributed by atoms with E-state index in [1.54, 1.807) is 62.3 Å². The van der Waals surface area contributed by atoms with Gasteiger partial charge in [-0.1, -0.05) is 5.23 Å². The summed E-state index contributed by atoms with van der Waals surface area (Å²) in [6.45, 7) is 27.6. The Balaban J connectivity index is -0.0000000875. The van der Waals surface area contributed by atoms with Crippen LogP contribution >= 0.6 is 0 Å². The van der Waals surface area contributed by atoms with Crippen LogP contribution in [0.3, 0.4) is 0 Å². The molecule has 0 aliphatic heterocycles. The number of hydrogen-bond acceptors (Lipinski definition) is 7. The number of nitrogens with one attached hydrogen (secondary N) is 1. The molecule has 8 nitrogen and oxygen atoms in total. The van der Waals surface area contributed by atoms with Crippen molar-refractivity contribution in [3.8, 4) is 0 Å². The Hall–Kier alpha value is -0.770. The molecule has 0 rings (SSSR count). The summed E-state index contributed by atoms with van der Waals surface area (Å²) in [5.41, 5.74) is 4.01. The zero-order valence-corrected chi connectivity index (χ0v) is 22.7. The van der Waals surface area contributed by atoms with Crippen molar-refractivity contribution in [2.24, 2.45) is 11.1 Å². The number of nitrogens with two attached hydrogens (primary N) is 1. The third-order valence-corrected chi connectivity index (χ3v) is 1.99. The molecule has 0 amide bonds. The standard InChI is InChI=1S/C5H13N.C5H10O2.C4H11NO2.C4H11N.C4H10O/c1-5(2,3)6-4;1-5(2,3)4(6)7;1-4(2,3)5(6)7;2*1-4(2,3)5/h6H,1-4H3;1-3H3,(H,6,7);6-7H,1-3H3;5H2,1-3H3;5H,1-3H3. The molecule has 0 aliphatic rings. The van der Waals surface area contributed by atoms with E-state index >= 15 is 0 Å². The predicted octanol–water partition coefficient (Wildman–Crippen LogP) is 4.51. The second-order valence-corrected chi connectivity index (χ2v) is 12.1. The predicted molar refractivity (Wildman–Crippen MR) is 127 cm³/mol. The highest BCUT2D eigenvalue weighted by Crippen LogP contribution is 2.11. The summed E-state index contributed by atoms with van der Waals surface area (Å²) in [6, 6.07) is 0. The summed E-state index contributed by atoms with van der Waals surface area (Å²) in [6.07, 6.45) is 0. The van der Waals surface area contributed by atoms with Crippen LogP contribution in [0.2, 0.25) is 0 Å². The Morgan fingerprint density at radius 2 is 0.867 bits per heavy atom. The number of rotatable bonds is 0. The second-order valence-electron chi connectivity index (χ2n) is 12.1. The Kier molecular flexibility index (Phi) is 21.1. The van der Waals surface area contributed by atoms with Gasteiger partial charge in [0, 0.05) is 11.1 Å². The van der Waals surface area contributed by atoms with Crippen molar-refractivity contribution in [1.29, 1.82) is 0 Å². The lowest BCUT2D eigenvalue weighted by Crippen LogP contribution is -2.35. The number of hydrogen-bond donors (Lipinski definition) is 6. The van der Waals surface area contributed by atoms with Crippen molar-refractivity contribution < 1.29 is 25.4 Å². The van der Waals surface area contributed by atoms with Gasteiger partial charge in [-0.15, -0.1) is 0 Å². The summed E-state index contributed by atoms with van der Waals surface area (Å²) in [4.78, 5) is 10.0. The number of aliphatic hydroxyl groups is 1. The highest BCUT2D eigenvalue weighted by Gasteiger charge is 2.18. The minimum Gasteiger partial charge on any atom is -0.481 e. The summed E-state index contributed by atoms with van der Waals surface area (Å²) in [5.74, 6) is -0.757. The smallest absolute Gasteiger partial charge is 0.308 e. The van der Waals surface area contributed by atoms with Gasteiger partial charge < -0.3 is 21.3 Å². The number of nitrogens with zero attached hydrogens (tertiary/aromatic N) is 1. The van der Waals surface area contributed by atoms with Crippen molar-refractivity contribution in [1.82, 2.24) is 10.5 Å². The van der Waals surface area contributed by atoms with Gasteiger partial charge in [0.25, 0.3) is 0 Å². The van der Waals surface area contributed by atoms with Crippen LogP contribution in [0.4, 0.5) is 0 Å². The normalized spacial score (nSPS) is 12.0. The second kappa shape index (κ2) is 15.9. The molecule has 0 fully saturated rings. The van der Waals surface area contributed by atoms with Gasteiger partial charge in [-0.05, 0) is 111 Å². The number of carboxylic acids is 1. The minimum absolute atomic E-state index is 0. The Morgan fingerprint density at radius 3 is 0.867 bits per heavy atom. The van der Waals surface area contributed by atoms with Gasteiger partial charge in [0.15, 0.2) is 0 Å². The molecule has 7 N–H and O–H groups in total. The van der Waals surface area contributed by atoms with E-state index in [0.29, 0.717) is 5.54 Å². The molecule has 0 heterocycles. The van der Waals surface area contributed by atoms with Crippen LogP contribution < -0.4 is 11.1 Å². The van der Waals surface area contributed by atoms with Crippen molar-refractivity contribution in [2.75, 3.05) is 7.05 Å². The molecule has 0 saturated carbocycles. The van der Waals surface area contributed by atoms with E-state index < -0.39 is 22.5 Å². The number of hydroxylamine groups is 2. The molecular weight excluding hydrogens is 386 g/mol. The van der Waals surface area contributed by atoms with E-state index in [1.807, 2.05) is 27.8 Å². The maximum atomic E-state index is 10.0. The lowest BCUT2D eigenvalue weighted by Gasteiger charge is -2.21. The highest BCUT2D eigenvalue weighted by atomic mass is 16.8. The lowest BCUT2D eigenvalue weighted by molar-refractivity contribution is -0.352. The van der Waals surface area contributed by atoms with Crippen molar-refractivity contribution in [3.63, 3.8) is 0 Å². The van der Waals surface area contributed by atoms with Crippen LogP contribution in [0.5, 0.6) is 0 Å². The van der Waals surface area contributed by atoms with Crippen LogP contribution in [0.25, 0.3) is 0 Å². The maximum Gasteiger partial charge on any atom is 0.308 e. The van der Waals surface area contributed by atoms with E-state index in [2.05, 4.69) is 26.1 Å². The minimum atomic E-state index is -0.757. The van der Waals surface area contributed by atoms with E-state index in [-0.39, 0.29) is 10.8 Å². The molecule has 0 radical (unpaired) electrons. The summed E-state index contributed by atoms with van der Waals surface area (Å²) in [7, 11) is 1.96. The van der Waals surface area contributed by atoms with Gasteiger partial charge in [0.1, 0.15) is 0 Å². The molecular formula is C22H55N3O5. The largest absolute Gasteiger partial charge is 0.481 e. The van der Waals surface area contributed by atoms with Crippen LogP contribution in [0.15, 0.2) is 0 Å². The van der Waals surface area contributed by atoms with Gasteiger partial charge in [0.05, 0.1) is 16.6 Å². The maximum absolute atomic E-state index is 10.0. The number of carbonyl (C=O) groups is 1. The van der Waals surface area contributed by atoms with E-state index in [1.165, 1.54) is 0 Å². The summed E-state index contributed by atoms with van der Waals surface area (Å²) in [5, 5.41) is 36.6. The first-order valence-electron chi connectivity index (χ1n) is 10.1. The van der Waals surface area contributed by atoms with Crippen LogP contribution in [0.1, 0.15) is 104 Å². The first-order valence-corrected chi connectivity index (χ1v) is 10.1. The average molecular weight is 442 g/mol. The van der Waals surface area contributed by atoms with Gasteiger partial charge in [-0.3, -0.25) is 15.2 Å². The molecule has 0 bridgehead atoms. The molecule has 0 aromatic heterocycles. The third kappa shape index (κ3) is 92.5. The molecule has 0 aliphatic carbocycles. The molecule has 8 heteroatoms. The van der Waals surface area contributed by atoms with Crippen LogP contribution in [-0.2, 0) is 4.79 Å². The number of carboxylic acid groups (broad SMARTS) is 1. The molecule has 0 aromatic rings. The fourth-order valence-corrected chi connectivity index (χ4v) is 0. The van der Waals surface area contributed by atoms with Crippen molar-refractivity contribution in [2.45, 2.75) is 126 Å². The quantitative estimate of drug-likeness (QED) is 0.302. The molecule has 0 aromatic carbocycles. The zero-order valence-electron chi connectivity index (χ0n) is 22.7. The van der Waals surface area contributed by atoms with Gasteiger partial charge >= 0.3 is 5.97 Å². The molecule has 0 unspecified atom stereocenters. The number of aliphatic carboxylic acids is 1. The SMILES string of the molecule is CC(C)(C)C(=O)O.CC(C)(C)N.CC(C)(C)N(O)O.CC(C)(C)O.CNC(C)(C)C. The van der Waals surface area contributed by atoms with Gasteiger partial charge in [-0.2, -0.15) is 0 Å². The first kappa shape index (κ1) is 39.7. The lowest BCUT2D eigenvalue weighted by atomic mass is 9.98. The fraction of sp³-hybridized carbons (Fsp3) is 0.955. The third-order valence-electron chi connectivity index (χ3n) is 1.99. The summed E-state index contributed by atoms with van der Waals surface area (Å²) >= 11 is 0. The van der Waals surface area contributed by atoms with Crippen LogP contribution in [0, 0.1) is 5.41 Å². The topological polar surface area (TPSA) is 139 Å². The van der Waals surface area contributed by atoms with E-state index in [0.717, 1.165) is 0 Å². The zero-order chi connectivity index (χ0) is 26.4. The van der Waals surface area contributed by atoms with Gasteiger partial charge in [0.2, 0.25) is 0 Å². The van der Waals surface area contributed by atoms with Gasteiger partial charge in [-0.25, -0.2) is 0 Å². The Bertz CT molecular complexity index is 381. The summed E-state index contributed by atoms with van der Waals surface area (Å²) < 4.78 is 0. The van der Waals surface area contributed by atoms with E-state index in [4.69, 9.17) is 26.4 Å². The fourth-order valence-electron chi connectivity index (χ4n) is 0. The molecule has 0 spiro atoms. The Labute approximate surface area is 186 Å². The first-order chi connectivity index (χ1) is 12.4. The Morgan fingerprint density at radius 1 is 0.767 bits per heavy atom. The molecule has 188 valence electrons. The van der Waals surface area contributed by atoms with Crippen molar-refractivity contribution in [3.05, 3.63) is 0 Å². The average Bonchev–Trinajstić information content (AvgIpc) is 2.32. The van der Waals surface area contributed by atoms with Crippen LogP contribution in [-0.4, -0.2) is 61.1 Å². The molecule has 30 heavy (non-hydrogen) atoms. The van der Waals surface area contributed by atoms with Crippen molar-refractivity contribution >= 4 is 5.97 Å². The molecule has 0 atom stereocenters. The highest BCUT2D eigenvalue weighted by molar-refractivity contribution is 5.72. The molecule has 0 saturated heterocycles. The monoisotopic (exact) mass is 441 g/mol.